The maximum atomic E-state index is 5.67. The highest BCUT2D eigenvalue weighted by atomic mass is 16.5. The van der Waals surface area contributed by atoms with E-state index in [-0.39, 0.29) is 0 Å². The third kappa shape index (κ3) is 2.96. The zero-order valence-corrected chi connectivity index (χ0v) is 11.8. The number of rotatable bonds is 5. The van der Waals surface area contributed by atoms with E-state index >= 15 is 0 Å². The van der Waals surface area contributed by atoms with Crippen molar-refractivity contribution in [2.75, 3.05) is 13.2 Å². The second kappa shape index (κ2) is 5.89. The smallest absolute Gasteiger partial charge is 0.236 e. The average Bonchev–Trinajstić information content (AvgIpc) is 2.67. The van der Waals surface area contributed by atoms with Gasteiger partial charge in [0.1, 0.15) is 0 Å². The second-order valence-corrected chi connectivity index (χ2v) is 4.76. The fourth-order valence-electron chi connectivity index (χ4n) is 2.11. The predicted molar refractivity (Wildman–Crippen MR) is 77.3 cm³/mol. The summed E-state index contributed by atoms with van der Waals surface area (Å²) >= 11 is 0. The first-order valence-corrected chi connectivity index (χ1v) is 6.57. The van der Waals surface area contributed by atoms with Gasteiger partial charge in [0.15, 0.2) is 0 Å². The van der Waals surface area contributed by atoms with E-state index in [1.165, 1.54) is 5.56 Å². The fraction of sp³-hybridized carbons (Fsp3) is 0.400. The van der Waals surface area contributed by atoms with Gasteiger partial charge in [-0.1, -0.05) is 29.8 Å². The number of nitrogens with zero attached hydrogens (tertiary/aromatic N) is 2. The van der Waals surface area contributed by atoms with Crippen molar-refractivity contribution in [1.82, 2.24) is 9.78 Å². The summed E-state index contributed by atoms with van der Waals surface area (Å²) in [7, 11) is 1.94. The maximum Gasteiger partial charge on any atom is 0.236 e. The molecule has 102 valence electrons. The summed E-state index contributed by atoms with van der Waals surface area (Å²) in [6.07, 6.45) is 0.843. The standard InChI is InChI=1S/C15H21N3O/c1-11-5-7-13(8-6-11)14-12(2)15(17-18(14)3)19-10-4-9-16/h5-8H,4,9-10,16H2,1-3H3. The van der Waals surface area contributed by atoms with Gasteiger partial charge in [0.05, 0.1) is 12.3 Å². The Morgan fingerprint density at radius 1 is 1.21 bits per heavy atom. The van der Waals surface area contributed by atoms with Gasteiger partial charge in [-0.05, 0) is 26.8 Å². The Labute approximate surface area is 114 Å². The van der Waals surface area contributed by atoms with Crippen LogP contribution in [-0.4, -0.2) is 22.9 Å². The Hall–Kier alpha value is -1.81. The summed E-state index contributed by atoms with van der Waals surface area (Å²) in [5.74, 6) is 0.700. The summed E-state index contributed by atoms with van der Waals surface area (Å²) in [4.78, 5) is 0. The van der Waals surface area contributed by atoms with Crippen molar-refractivity contribution in [3.63, 3.8) is 0 Å². The summed E-state index contributed by atoms with van der Waals surface area (Å²) < 4.78 is 7.54. The molecule has 1 aromatic heterocycles. The SMILES string of the molecule is Cc1ccc(-c2c(C)c(OCCCN)nn2C)cc1. The molecular formula is C15H21N3O. The molecule has 1 heterocycles. The molecule has 0 fully saturated rings. The van der Waals surface area contributed by atoms with Crippen LogP contribution in [-0.2, 0) is 7.05 Å². The Morgan fingerprint density at radius 2 is 1.89 bits per heavy atom. The zero-order valence-electron chi connectivity index (χ0n) is 11.8. The summed E-state index contributed by atoms with van der Waals surface area (Å²) in [6, 6.07) is 8.44. The van der Waals surface area contributed by atoms with E-state index in [9.17, 15) is 0 Å². The normalized spacial score (nSPS) is 10.7. The van der Waals surface area contributed by atoms with E-state index in [1.54, 1.807) is 0 Å². The minimum atomic E-state index is 0.613. The molecule has 4 heteroatoms. The minimum Gasteiger partial charge on any atom is -0.476 e. The van der Waals surface area contributed by atoms with Crippen LogP contribution >= 0.6 is 0 Å². The number of nitrogens with two attached hydrogens (primary N) is 1. The van der Waals surface area contributed by atoms with Gasteiger partial charge < -0.3 is 10.5 Å². The van der Waals surface area contributed by atoms with Crippen LogP contribution in [0.3, 0.4) is 0 Å². The lowest BCUT2D eigenvalue weighted by atomic mass is 10.1. The van der Waals surface area contributed by atoms with Crippen LogP contribution in [0.1, 0.15) is 17.5 Å². The highest BCUT2D eigenvalue weighted by molar-refractivity contribution is 5.65. The minimum absolute atomic E-state index is 0.613. The lowest BCUT2D eigenvalue weighted by Crippen LogP contribution is -2.06. The fourth-order valence-corrected chi connectivity index (χ4v) is 2.11. The van der Waals surface area contributed by atoms with Crippen molar-refractivity contribution >= 4 is 0 Å². The Kier molecular flexibility index (Phi) is 4.22. The van der Waals surface area contributed by atoms with Crippen molar-refractivity contribution in [3.05, 3.63) is 35.4 Å². The predicted octanol–water partition coefficient (Wildman–Crippen LogP) is 2.43. The summed E-state index contributed by atoms with van der Waals surface area (Å²) in [6.45, 7) is 5.37. The number of benzene rings is 1. The number of hydrogen-bond acceptors (Lipinski definition) is 3. The van der Waals surface area contributed by atoms with Gasteiger partial charge in [0.25, 0.3) is 0 Å². The van der Waals surface area contributed by atoms with Gasteiger partial charge in [0.2, 0.25) is 5.88 Å². The van der Waals surface area contributed by atoms with Gasteiger partial charge in [-0.2, -0.15) is 0 Å². The van der Waals surface area contributed by atoms with E-state index < -0.39 is 0 Å². The van der Waals surface area contributed by atoms with Crippen LogP contribution < -0.4 is 10.5 Å². The topological polar surface area (TPSA) is 53.1 Å². The van der Waals surface area contributed by atoms with E-state index in [4.69, 9.17) is 10.5 Å². The molecule has 0 saturated heterocycles. The number of aromatic nitrogens is 2. The molecule has 0 bridgehead atoms. The van der Waals surface area contributed by atoms with Crippen LogP contribution in [0.15, 0.2) is 24.3 Å². The van der Waals surface area contributed by atoms with Crippen molar-refractivity contribution in [1.29, 1.82) is 0 Å². The molecule has 1 aromatic carbocycles. The van der Waals surface area contributed by atoms with E-state index in [0.29, 0.717) is 19.0 Å². The van der Waals surface area contributed by atoms with E-state index in [1.807, 2.05) is 18.7 Å². The Morgan fingerprint density at radius 3 is 2.53 bits per heavy atom. The van der Waals surface area contributed by atoms with Crippen molar-refractivity contribution in [3.8, 4) is 17.1 Å². The molecular weight excluding hydrogens is 238 g/mol. The van der Waals surface area contributed by atoms with Crippen LogP contribution in [0, 0.1) is 13.8 Å². The monoisotopic (exact) mass is 259 g/mol. The molecule has 0 aliphatic carbocycles. The molecule has 19 heavy (non-hydrogen) atoms. The van der Waals surface area contributed by atoms with E-state index in [0.717, 1.165) is 23.2 Å². The third-order valence-corrected chi connectivity index (χ3v) is 3.15. The Bertz CT molecular complexity index is 543. The number of aryl methyl sites for hydroxylation is 2. The molecule has 0 radical (unpaired) electrons. The maximum absolute atomic E-state index is 5.67. The van der Waals surface area contributed by atoms with Gasteiger partial charge >= 0.3 is 0 Å². The highest BCUT2D eigenvalue weighted by Gasteiger charge is 2.14. The molecule has 2 aromatic rings. The molecule has 0 spiro atoms. The van der Waals surface area contributed by atoms with Crippen LogP contribution in [0.5, 0.6) is 5.88 Å². The largest absolute Gasteiger partial charge is 0.476 e. The first kappa shape index (κ1) is 13.6. The van der Waals surface area contributed by atoms with Crippen LogP contribution in [0.2, 0.25) is 0 Å². The molecule has 2 rings (SSSR count). The molecule has 0 aliphatic rings. The third-order valence-electron chi connectivity index (χ3n) is 3.15. The first-order chi connectivity index (χ1) is 9.13. The second-order valence-electron chi connectivity index (χ2n) is 4.76. The highest BCUT2D eigenvalue weighted by Crippen LogP contribution is 2.29. The molecule has 2 N–H and O–H groups in total. The molecule has 0 atom stereocenters. The van der Waals surface area contributed by atoms with Crippen LogP contribution in [0.25, 0.3) is 11.3 Å². The quantitative estimate of drug-likeness (QED) is 0.839. The lowest BCUT2D eigenvalue weighted by Gasteiger charge is -2.04. The van der Waals surface area contributed by atoms with Crippen molar-refractivity contribution < 1.29 is 4.74 Å². The summed E-state index contributed by atoms with van der Waals surface area (Å²) in [5.41, 5.74) is 10.0. The molecule has 0 aliphatic heterocycles. The van der Waals surface area contributed by atoms with Gasteiger partial charge in [-0.15, -0.1) is 5.10 Å². The van der Waals surface area contributed by atoms with Gasteiger partial charge in [0, 0.05) is 18.2 Å². The molecule has 4 nitrogen and oxygen atoms in total. The van der Waals surface area contributed by atoms with Gasteiger partial charge in [-0.25, -0.2) is 0 Å². The summed E-state index contributed by atoms with van der Waals surface area (Å²) in [5, 5.41) is 4.43. The molecule has 0 saturated carbocycles. The molecule has 0 amide bonds. The van der Waals surface area contributed by atoms with Crippen molar-refractivity contribution in [2.24, 2.45) is 12.8 Å². The molecule has 0 unspecified atom stereocenters. The first-order valence-electron chi connectivity index (χ1n) is 6.57. The van der Waals surface area contributed by atoms with Gasteiger partial charge in [-0.3, -0.25) is 4.68 Å². The van der Waals surface area contributed by atoms with Crippen LogP contribution in [0.4, 0.5) is 0 Å². The lowest BCUT2D eigenvalue weighted by molar-refractivity contribution is 0.297. The number of hydrogen-bond donors (Lipinski definition) is 1. The Balaban J connectivity index is 2.28. The van der Waals surface area contributed by atoms with Crippen molar-refractivity contribution in [2.45, 2.75) is 20.3 Å². The average molecular weight is 259 g/mol. The van der Waals surface area contributed by atoms with E-state index in [2.05, 4.69) is 36.3 Å². The number of ether oxygens (including phenoxy) is 1. The zero-order chi connectivity index (χ0) is 13.8.